The number of hydrogen-bond acceptors (Lipinski definition) is 5. The van der Waals surface area contributed by atoms with Crippen LogP contribution in [0.5, 0.6) is 5.75 Å². The van der Waals surface area contributed by atoms with Crippen LogP contribution in [0.2, 0.25) is 0 Å². The van der Waals surface area contributed by atoms with Gasteiger partial charge in [0.1, 0.15) is 24.2 Å². The third kappa shape index (κ3) is 5.64. The average Bonchev–Trinajstić information content (AvgIpc) is 2.93. The first kappa shape index (κ1) is 24.2. The molecule has 5 nitrogen and oxygen atoms in total. The molecule has 5 heteroatoms. The molecule has 0 aliphatic carbocycles. The number of nitrogens with zero attached hydrogens (tertiary/aromatic N) is 2. The molecule has 3 aromatic carbocycles. The van der Waals surface area contributed by atoms with Gasteiger partial charge in [-0.2, -0.15) is 0 Å². The number of hydrogen-bond donors (Lipinski definition) is 1. The number of Topliss-reactive ketones (excluding diaryl/α,β-unsaturated/α-hetero) is 1. The summed E-state index contributed by atoms with van der Waals surface area (Å²) in [6, 6.07) is 29.8. The zero-order valence-electron chi connectivity index (χ0n) is 20.4. The highest BCUT2D eigenvalue weighted by Gasteiger charge is 2.32. The molecule has 0 amide bonds. The van der Waals surface area contributed by atoms with E-state index in [-0.39, 0.29) is 18.4 Å². The van der Waals surface area contributed by atoms with Crippen molar-refractivity contribution in [3.8, 4) is 5.75 Å². The summed E-state index contributed by atoms with van der Waals surface area (Å²) < 4.78 is 5.94. The van der Waals surface area contributed by atoms with Gasteiger partial charge >= 0.3 is 0 Å². The fourth-order valence-corrected chi connectivity index (χ4v) is 5.19. The number of carbonyl (C=O) groups excluding carboxylic acids is 1. The smallest absolute Gasteiger partial charge is 0.147 e. The lowest BCUT2D eigenvalue weighted by atomic mass is 9.79. The molecule has 1 atom stereocenters. The summed E-state index contributed by atoms with van der Waals surface area (Å²) in [6.07, 6.45) is 2.76. The molecule has 1 unspecified atom stereocenters. The minimum absolute atomic E-state index is 0.0169. The quantitative estimate of drug-likeness (QED) is 0.362. The largest absolute Gasteiger partial charge is 0.490 e. The van der Waals surface area contributed by atoms with E-state index < -0.39 is 6.10 Å². The van der Waals surface area contributed by atoms with Crippen molar-refractivity contribution in [1.29, 1.82) is 0 Å². The Kier molecular flexibility index (Phi) is 7.70. The Morgan fingerprint density at radius 3 is 2.22 bits per heavy atom. The number of β-amino-alcohol motifs (C(OH)–C–C–N with tert-alkyl or cyclic N) is 1. The van der Waals surface area contributed by atoms with Crippen molar-refractivity contribution in [1.82, 2.24) is 9.88 Å². The van der Waals surface area contributed by atoms with Crippen LogP contribution in [0.1, 0.15) is 29.9 Å². The molecule has 1 N–H and O–H groups in total. The van der Waals surface area contributed by atoms with Crippen molar-refractivity contribution in [3.05, 3.63) is 108 Å². The van der Waals surface area contributed by atoms with Gasteiger partial charge in [0.25, 0.3) is 0 Å². The first-order chi connectivity index (χ1) is 17.7. The molecular weight excluding hydrogens is 448 g/mol. The Labute approximate surface area is 212 Å². The molecule has 1 saturated heterocycles. The standard InChI is InChI=1S/C31H32N2O3/c34-26(22-36-29-15-7-14-28-27(29)13-8-18-32-28)21-33-19-16-25(17-20-33)31(35)30(23-9-3-1-4-10-23)24-11-5-2-6-12-24/h1-15,18,25-26,30,34H,16-17,19-22H2. The molecule has 1 aliphatic heterocycles. The molecule has 184 valence electrons. The van der Waals surface area contributed by atoms with E-state index in [9.17, 15) is 9.90 Å². The van der Waals surface area contributed by atoms with Crippen LogP contribution < -0.4 is 4.74 Å². The van der Waals surface area contributed by atoms with E-state index in [1.165, 1.54) is 0 Å². The first-order valence-electron chi connectivity index (χ1n) is 12.7. The molecule has 4 aromatic rings. The molecule has 0 bridgehead atoms. The number of benzene rings is 3. The minimum atomic E-state index is -0.606. The van der Waals surface area contributed by atoms with Gasteiger partial charge in [-0.25, -0.2) is 0 Å². The first-order valence-corrected chi connectivity index (χ1v) is 12.7. The van der Waals surface area contributed by atoms with Gasteiger partial charge in [0.15, 0.2) is 0 Å². The lowest BCUT2D eigenvalue weighted by Gasteiger charge is -2.34. The second-order valence-electron chi connectivity index (χ2n) is 9.52. The lowest BCUT2D eigenvalue weighted by Crippen LogP contribution is -2.42. The van der Waals surface area contributed by atoms with Crippen molar-refractivity contribution in [3.63, 3.8) is 0 Å². The number of rotatable bonds is 9. The summed E-state index contributed by atoms with van der Waals surface area (Å²) >= 11 is 0. The topological polar surface area (TPSA) is 62.7 Å². The molecule has 1 aromatic heterocycles. The van der Waals surface area contributed by atoms with Gasteiger partial charge in [-0.1, -0.05) is 66.7 Å². The number of fused-ring (bicyclic) bond motifs is 1. The highest BCUT2D eigenvalue weighted by molar-refractivity contribution is 5.91. The van der Waals surface area contributed by atoms with E-state index in [0.29, 0.717) is 12.3 Å². The Bertz CT molecular complexity index is 1230. The second kappa shape index (κ2) is 11.5. The number of likely N-dealkylation sites (tertiary alicyclic amines) is 1. The number of pyridine rings is 1. The molecule has 0 spiro atoms. The zero-order chi connectivity index (χ0) is 24.7. The summed E-state index contributed by atoms with van der Waals surface area (Å²) in [6.45, 7) is 2.34. The molecule has 36 heavy (non-hydrogen) atoms. The number of carbonyl (C=O) groups is 1. The summed E-state index contributed by atoms with van der Waals surface area (Å²) in [7, 11) is 0. The molecule has 5 rings (SSSR count). The maximum Gasteiger partial charge on any atom is 0.147 e. The van der Waals surface area contributed by atoms with Crippen LogP contribution in [-0.4, -0.2) is 53.1 Å². The van der Waals surface area contributed by atoms with Crippen molar-refractivity contribution >= 4 is 16.7 Å². The van der Waals surface area contributed by atoms with Crippen LogP contribution in [0.15, 0.2) is 97.2 Å². The lowest BCUT2D eigenvalue weighted by molar-refractivity contribution is -0.125. The number of ether oxygens (including phenoxy) is 1. The van der Waals surface area contributed by atoms with Gasteiger partial charge in [-0.05, 0) is 61.3 Å². The maximum atomic E-state index is 13.7. The zero-order valence-corrected chi connectivity index (χ0v) is 20.4. The van der Waals surface area contributed by atoms with E-state index in [1.807, 2.05) is 91.0 Å². The van der Waals surface area contributed by atoms with Gasteiger partial charge in [0.2, 0.25) is 0 Å². The van der Waals surface area contributed by atoms with Crippen LogP contribution in [0, 0.1) is 5.92 Å². The fourth-order valence-electron chi connectivity index (χ4n) is 5.19. The summed E-state index contributed by atoms with van der Waals surface area (Å²) in [5, 5.41) is 11.6. The Morgan fingerprint density at radius 2 is 1.56 bits per heavy atom. The molecule has 0 radical (unpaired) electrons. The van der Waals surface area contributed by atoms with Gasteiger partial charge in [-0.15, -0.1) is 0 Å². The summed E-state index contributed by atoms with van der Waals surface area (Å²) in [5.41, 5.74) is 2.97. The third-order valence-corrected chi connectivity index (χ3v) is 7.05. The van der Waals surface area contributed by atoms with E-state index in [1.54, 1.807) is 6.20 Å². The molecule has 0 saturated carbocycles. The predicted molar refractivity (Wildman–Crippen MR) is 142 cm³/mol. The monoisotopic (exact) mass is 480 g/mol. The molecule has 1 aliphatic rings. The second-order valence-corrected chi connectivity index (χ2v) is 9.52. The molecule has 2 heterocycles. The van der Waals surface area contributed by atoms with Gasteiger partial charge in [0, 0.05) is 24.0 Å². The average molecular weight is 481 g/mol. The Morgan fingerprint density at radius 1 is 0.889 bits per heavy atom. The number of aliphatic hydroxyl groups is 1. The van der Waals surface area contributed by atoms with Gasteiger partial charge in [-0.3, -0.25) is 9.78 Å². The number of piperidine rings is 1. The normalized spacial score (nSPS) is 15.7. The van der Waals surface area contributed by atoms with E-state index in [2.05, 4.69) is 9.88 Å². The van der Waals surface area contributed by atoms with Crippen molar-refractivity contribution in [2.75, 3.05) is 26.2 Å². The number of ketones is 1. The Balaban J connectivity index is 1.16. The molecular formula is C31H32N2O3. The van der Waals surface area contributed by atoms with Crippen molar-refractivity contribution < 1.29 is 14.6 Å². The highest BCUT2D eigenvalue weighted by Crippen LogP contribution is 2.32. The Hall–Kier alpha value is -3.54. The number of aliphatic hydroxyl groups excluding tert-OH is 1. The highest BCUT2D eigenvalue weighted by atomic mass is 16.5. The van der Waals surface area contributed by atoms with Gasteiger partial charge < -0.3 is 14.7 Å². The van der Waals surface area contributed by atoms with E-state index in [4.69, 9.17) is 4.74 Å². The predicted octanol–water partition coefficient (Wildman–Crippen LogP) is 5.09. The minimum Gasteiger partial charge on any atom is -0.490 e. The SMILES string of the molecule is O=C(C1CCN(CC(O)COc2cccc3ncccc23)CC1)C(c1ccccc1)c1ccccc1. The van der Waals surface area contributed by atoms with Gasteiger partial charge in [0.05, 0.1) is 11.4 Å². The van der Waals surface area contributed by atoms with Crippen molar-refractivity contribution in [2.24, 2.45) is 5.92 Å². The summed E-state index contributed by atoms with van der Waals surface area (Å²) in [5.74, 6) is 0.804. The summed E-state index contributed by atoms with van der Waals surface area (Å²) in [4.78, 5) is 20.3. The molecule has 1 fully saturated rings. The van der Waals surface area contributed by atoms with Crippen molar-refractivity contribution in [2.45, 2.75) is 24.9 Å². The van der Waals surface area contributed by atoms with Crippen LogP contribution in [0.3, 0.4) is 0 Å². The van der Waals surface area contributed by atoms with E-state index in [0.717, 1.165) is 53.7 Å². The van der Waals surface area contributed by atoms with Crippen LogP contribution >= 0.6 is 0 Å². The van der Waals surface area contributed by atoms with Crippen LogP contribution in [0.25, 0.3) is 10.9 Å². The number of aromatic nitrogens is 1. The van der Waals surface area contributed by atoms with Crippen LogP contribution in [-0.2, 0) is 4.79 Å². The maximum absolute atomic E-state index is 13.7. The van der Waals surface area contributed by atoms with E-state index >= 15 is 0 Å². The van der Waals surface area contributed by atoms with Crippen LogP contribution in [0.4, 0.5) is 0 Å². The third-order valence-electron chi connectivity index (χ3n) is 7.05. The fraction of sp³-hybridized carbons (Fsp3) is 0.290.